The molecule has 8 heteroatoms. The summed E-state index contributed by atoms with van der Waals surface area (Å²) in [5.74, 6) is -2.24. The van der Waals surface area contributed by atoms with Crippen LogP contribution < -0.4 is 0 Å². The second-order valence-corrected chi connectivity index (χ2v) is 5.76. The Labute approximate surface area is 131 Å². The lowest BCUT2D eigenvalue weighted by Crippen LogP contribution is -2.39. The quantitative estimate of drug-likeness (QED) is 0.901. The summed E-state index contributed by atoms with van der Waals surface area (Å²) in [6.45, 7) is 2.86. The number of amides is 1. The lowest BCUT2D eigenvalue weighted by molar-refractivity contribution is -0.142. The lowest BCUT2D eigenvalue weighted by Gasteiger charge is -2.25. The van der Waals surface area contributed by atoms with Gasteiger partial charge in [0.25, 0.3) is 5.91 Å². The van der Waals surface area contributed by atoms with E-state index in [-0.39, 0.29) is 23.8 Å². The van der Waals surface area contributed by atoms with E-state index >= 15 is 0 Å². The van der Waals surface area contributed by atoms with Crippen molar-refractivity contribution >= 4 is 11.9 Å². The van der Waals surface area contributed by atoms with E-state index in [4.69, 9.17) is 5.11 Å². The molecule has 1 atom stereocenters. The van der Waals surface area contributed by atoms with Gasteiger partial charge in [0, 0.05) is 12.6 Å². The number of aryl methyl sites for hydroxylation is 1. The van der Waals surface area contributed by atoms with E-state index in [2.05, 4.69) is 4.98 Å². The number of aliphatic carboxylic acids is 1. The molecule has 0 bridgehead atoms. The number of hydrogen-bond donors (Lipinski definition) is 1. The van der Waals surface area contributed by atoms with Crippen LogP contribution in [-0.4, -0.2) is 39.5 Å². The predicted molar refractivity (Wildman–Crippen MR) is 74.8 cm³/mol. The number of pyridine rings is 1. The van der Waals surface area contributed by atoms with E-state index in [1.807, 2.05) is 0 Å². The fourth-order valence-corrected chi connectivity index (χ4v) is 2.26. The Morgan fingerprint density at radius 1 is 1.39 bits per heavy atom. The molecule has 0 saturated heterocycles. The number of rotatable bonds is 5. The largest absolute Gasteiger partial charge is 0.481 e. The molecule has 0 aromatic carbocycles. The summed E-state index contributed by atoms with van der Waals surface area (Å²) >= 11 is 0. The monoisotopic (exact) mass is 330 g/mol. The highest BCUT2D eigenvalue weighted by atomic mass is 19.4. The lowest BCUT2D eigenvalue weighted by atomic mass is 10.1. The molecule has 0 spiro atoms. The van der Waals surface area contributed by atoms with Crippen LogP contribution >= 0.6 is 0 Å². The maximum Gasteiger partial charge on any atom is 0.433 e. The minimum Gasteiger partial charge on any atom is -0.481 e. The summed E-state index contributed by atoms with van der Waals surface area (Å²) in [7, 11) is 0. The third kappa shape index (κ3) is 4.00. The molecule has 0 unspecified atom stereocenters. The van der Waals surface area contributed by atoms with Gasteiger partial charge in [0.05, 0.1) is 17.2 Å². The van der Waals surface area contributed by atoms with Crippen molar-refractivity contribution in [3.05, 3.63) is 29.1 Å². The van der Waals surface area contributed by atoms with Gasteiger partial charge in [-0.3, -0.25) is 9.59 Å². The van der Waals surface area contributed by atoms with Gasteiger partial charge in [0.2, 0.25) is 0 Å². The average Bonchev–Trinajstić information content (AvgIpc) is 3.27. The van der Waals surface area contributed by atoms with Crippen molar-refractivity contribution in [3.63, 3.8) is 0 Å². The number of carboxylic acids is 1. The molecule has 1 aromatic rings. The summed E-state index contributed by atoms with van der Waals surface area (Å²) in [5.41, 5.74) is -0.996. The second-order valence-electron chi connectivity index (χ2n) is 5.76. The first-order valence-electron chi connectivity index (χ1n) is 7.20. The zero-order valence-corrected chi connectivity index (χ0v) is 12.7. The maximum absolute atomic E-state index is 12.6. The van der Waals surface area contributed by atoms with Gasteiger partial charge in [-0.25, -0.2) is 4.98 Å². The van der Waals surface area contributed by atoms with E-state index in [0.717, 1.165) is 25.0 Å². The van der Waals surface area contributed by atoms with Gasteiger partial charge in [-0.15, -0.1) is 0 Å². The van der Waals surface area contributed by atoms with E-state index < -0.39 is 29.7 Å². The molecule has 1 aliphatic rings. The number of carbonyl (C=O) groups excluding carboxylic acids is 1. The van der Waals surface area contributed by atoms with E-state index in [1.165, 1.54) is 18.7 Å². The summed E-state index contributed by atoms with van der Waals surface area (Å²) < 4.78 is 37.9. The molecule has 1 aliphatic carbocycles. The van der Waals surface area contributed by atoms with Crippen LogP contribution in [0.2, 0.25) is 0 Å². The fourth-order valence-electron chi connectivity index (χ4n) is 2.26. The zero-order chi connectivity index (χ0) is 17.4. The van der Waals surface area contributed by atoms with Crippen molar-refractivity contribution in [1.29, 1.82) is 0 Å². The molecule has 23 heavy (non-hydrogen) atoms. The number of halogens is 3. The molecule has 1 fully saturated rings. The number of alkyl halides is 3. The maximum atomic E-state index is 12.6. The van der Waals surface area contributed by atoms with Gasteiger partial charge in [-0.05, 0) is 31.9 Å². The van der Waals surface area contributed by atoms with Crippen molar-refractivity contribution in [2.75, 3.05) is 6.54 Å². The molecule has 5 nitrogen and oxygen atoms in total. The van der Waals surface area contributed by atoms with Crippen molar-refractivity contribution in [2.45, 2.75) is 38.9 Å². The molecule has 0 aliphatic heterocycles. The minimum absolute atomic E-state index is 0.0153. The third-order valence-corrected chi connectivity index (χ3v) is 3.75. The first-order valence-corrected chi connectivity index (χ1v) is 7.20. The second kappa shape index (κ2) is 6.17. The zero-order valence-electron chi connectivity index (χ0n) is 12.7. The molecule has 1 heterocycles. The molecule has 1 saturated carbocycles. The standard InChI is InChI=1S/C15H17F3N2O3/c1-8(14(22)23)7-20(10-3-4-10)13(21)11-5-6-12(15(16,17)18)19-9(11)2/h5-6,8,10H,3-4,7H2,1-2H3,(H,22,23)/t8-/m0/s1. The van der Waals surface area contributed by atoms with Crippen molar-refractivity contribution in [1.82, 2.24) is 9.88 Å². The minimum atomic E-state index is -4.57. The Hall–Kier alpha value is -2.12. The number of aromatic nitrogens is 1. The van der Waals surface area contributed by atoms with Crippen LogP contribution in [0, 0.1) is 12.8 Å². The van der Waals surface area contributed by atoms with Gasteiger partial charge < -0.3 is 10.0 Å². The van der Waals surface area contributed by atoms with Gasteiger partial charge in [-0.2, -0.15) is 13.2 Å². The number of carboxylic acid groups (broad SMARTS) is 1. The van der Waals surface area contributed by atoms with Crippen LogP contribution in [0.3, 0.4) is 0 Å². The Kier molecular flexibility index (Phi) is 4.63. The third-order valence-electron chi connectivity index (χ3n) is 3.75. The van der Waals surface area contributed by atoms with Crippen molar-refractivity contribution in [2.24, 2.45) is 5.92 Å². The van der Waals surface area contributed by atoms with E-state index in [9.17, 15) is 22.8 Å². The molecular formula is C15H17F3N2O3. The Morgan fingerprint density at radius 3 is 2.43 bits per heavy atom. The van der Waals surface area contributed by atoms with Crippen LogP contribution in [0.1, 0.15) is 41.5 Å². The van der Waals surface area contributed by atoms with Gasteiger partial charge in [0.15, 0.2) is 0 Å². The predicted octanol–water partition coefficient (Wildman–Crippen LogP) is 2.73. The van der Waals surface area contributed by atoms with Gasteiger partial charge in [-0.1, -0.05) is 6.92 Å². The number of carbonyl (C=O) groups is 2. The highest BCUT2D eigenvalue weighted by Gasteiger charge is 2.37. The summed E-state index contributed by atoms with van der Waals surface area (Å²) in [4.78, 5) is 28.4. The molecule has 0 radical (unpaired) electrons. The summed E-state index contributed by atoms with van der Waals surface area (Å²) in [6.07, 6.45) is -3.03. The Morgan fingerprint density at radius 2 is 2.00 bits per heavy atom. The van der Waals surface area contributed by atoms with Crippen molar-refractivity contribution in [3.8, 4) is 0 Å². The highest BCUT2D eigenvalue weighted by molar-refractivity contribution is 5.95. The van der Waals surface area contributed by atoms with Gasteiger partial charge in [0.1, 0.15) is 5.69 Å². The molecular weight excluding hydrogens is 313 g/mol. The molecule has 1 amide bonds. The average molecular weight is 330 g/mol. The van der Waals surface area contributed by atoms with Crippen molar-refractivity contribution < 1.29 is 27.9 Å². The van der Waals surface area contributed by atoms with Crippen LogP contribution in [0.15, 0.2) is 12.1 Å². The summed E-state index contributed by atoms with van der Waals surface area (Å²) in [5, 5.41) is 8.99. The Bertz CT molecular complexity index is 627. The smallest absolute Gasteiger partial charge is 0.433 e. The van der Waals surface area contributed by atoms with Crippen LogP contribution in [-0.2, 0) is 11.0 Å². The summed E-state index contributed by atoms with van der Waals surface area (Å²) in [6, 6.07) is 1.83. The van der Waals surface area contributed by atoms with Crippen LogP contribution in [0.5, 0.6) is 0 Å². The molecule has 126 valence electrons. The topological polar surface area (TPSA) is 70.5 Å². The Balaban J connectivity index is 2.25. The molecule has 1 aromatic heterocycles. The SMILES string of the molecule is Cc1nc(C(F)(F)F)ccc1C(=O)N(C[C@H](C)C(=O)O)C1CC1. The fraction of sp³-hybridized carbons (Fsp3) is 0.533. The molecule has 2 rings (SSSR count). The van der Waals surface area contributed by atoms with E-state index in [0.29, 0.717) is 0 Å². The highest BCUT2D eigenvalue weighted by Crippen LogP contribution is 2.31. The normalized spacial score (nSPS) is 16.0. The molecule has 1 N–H and O–H groups in total. The van der Waals surface area contributed by atoms with Gasteiger partial charge >= 0.3 is 12.1 Å². The number of hydrogen-bond acceptors (Lipinski definition) is 3. The first kappa shape index (κ1) is 17.2. The van der Waals surface area contributed by atoms with Crippen LogP contribution in [0.25, 0.3) is 0 Å². The number of nitrogens with zero attached hydrogens (tertiary/aromatic N) is 2. The first-order chi connectivity index (χ1) is 10.6. The van der Waals surface area contributed by atoms with E-state index in [1.54, 1.807) is 0 Å². The van der Waals surface area contributed by atoms with Crippen LogP contribution in [0.4, 0.5) is 13.2 Å².